The van der Waals surface area contributed by atoms with Crippen molar-refractivity contribution in [3.63, 3.8) is 0 Å². The summed E-state index contributed by atoms with van der Waals surface area (Å²) in [5, 5.41) is 13.7. The van der Waals surface area contributed by atoms with Gasteiger partial charge in [0, 0.05) is 4.92 Å². The molecule has 0 aliphatic heterocycles. The maximum absolute atomic E-state index is 11.5. The summed E-state index contributed by atoms with van der Waals surface area (Å²) in [6, 6.07) is 13.2. The Balaban J connectivity index is 2.05. The van der Waals surface area contributed by atoms with Crippen LogP contribution in [0.15, 0.2) is 54.1 Å². The van der Waals surface area contributed by atoms with Gasteiger partial charge in [-0.05, 0) is 28.3 Å². The summed E-state index contributed by atoms with van der Waals surface area (Å²) in [4.78, 5) is 22.4. The van der Waals surface area contributed by atoms with Crippen molar-refractivity contribution in [3.8, 4) is 0 Å². The summed E-state index contributed by atoms with van der Waals surface area (Å²) in [7, 11) is 0. The van der Waals surface area contributed by atoms with Crippen LogP contribution in [0.2, 0.25) is 0 Å². The lowest BCUT2D eigenvalue weighted by molar-refractivity contribution is -0.534. The van der Waals surface area contributed by atoms with Crippen molar-refractivity contribution in [3.05, 3.63) is 69.8 Å². The molecule has 0 fully saturated rings. The van der Waals surface area contributed by atoms with Crippen molar-refractivity contribution >= 4 is 17.1 Å². The minimum absolute atomic E-state index is 0.196. The molecule has 2 aromatic carbocycles. The Morgan fingerprint density at radius 3 is 2.59 bits per heavy atom. The highest BCUT2D eigenvalue weighted by molar-refractivity contribution is 5.83. The van der Waals surface area contributed by atoms with Crippen molar-refractivity contribution < 1.29 is 9.72 Å². The first-order valence-corrected chi connectivity index (χ1v) is 7.39. The Labute approximate surface area is 128 Å². The van der Waals surface area contributed by atoms with Crippen LogP contribution in [-0.4, -0.2) is 17.3 Å². The van der Waals surface area contributed by atoms with Crippen LogP contribution in [0, 0.1) is 16.0 Å². The van der Waals surface area contributed by atoms with E-state index in [1.165, 1.54) is 0 Å². The zero-order chi connectivity index (χ0) is 15.7. The summed E-state index contributed by atoms with van der Waals surface area (Å²) in [6.07, 6.45) is 3.12. The molecule has 0 spiro atoms. The van der Waals surface area contributed by atoms with E-state index in [9.17, 15) is 14.9 Å². The van der Waals surface area contributed by atoms with Gasteiger partial charge in [-0.1, -0.05) is 55.5 Å². The smallest absolute Gasteiger partial charge is 0.226 e. The molecule has 22 heavy (non-hydrogen) atoms. The number of hydrogen-bond donors (Lipinski definition) is 0. The molecule has 1 aliphatic rings. The quantitative estimate of drug-likeness (QED) is 0.492. The van der Waals surface area contributed by atoms with E-state index >= 15 is 0 Å². The van der Waals surface area contributed by atoms with E-state index in [1.807, 2.05) is 48.5 Å². The number of benzene rings is 2. The van der Waals surface area contributed by atoms with Crippen LogP contribution in [0.4, 0.5) is 0 Å². The number of nitro groups is 1. The maximum Gasteiger partial charge on any atom is 0.226 e. The minimum atomic E-state index is -0.758. The lowest BCUT2D eigenvalue weighted by atomic mass is 9.75. The zero-order valence-electron chi connectivity index (χ0n) is 12.3. The first-order chi connectivity index (χ1) is 10.6. The first kappa shape index (κ1) is 14.4. The monoisotopic (exact) mass is 295 g/mol. The fraction of sp³-hybridized carbons (Fsp3) is 0.278. The summed E-state index contributed by atoms with van der Waals surface area (Å²) < 4.78 is 0. The van der Waals surface area contributed by atoms with Gasteiger partial charge in [0.15, 0.2) is 0 Å². The predicted octanol–water partition coefficient (Wildman–Crippen LogP) is 3.73. The number of fused-ring (bicyclic) bond motifs is 1. The van der Waals surface area contributed by atoms with Gasteiger partial charge >= 0.3 is 0 Å². The molecular formula is C18H17NO3. The third kappa shape index (κ3) is 2.41. The Morgan fingerprint density at radius 1 is 1.18 bits per heavy atom. The summed E-state index contributed by atoms with van der Waals surface area (Å²) in [5.74, 6) is -0.559. The zero-order valence-corrected chi connectivity index (χ0v) is 12.3. The Bertz CT molecular complexity index is 766. The Hall–Kier alpha value is -2.49. The lowest BCUT2D eigenvalue weighted by Gasteiger charge is -2.29. The van der Waals surface area contributed by atoms with Crippen LogP contribution in [-0.2, 0) is 4.79 Å². The second-order valence-corrected chi connectivity index (χ2v) is 5.84. The first-order valence-electron chi connectivity index (χ1n) is 7.39. The topological polar surface area (TPSA) is 60.2 Å². The van der Waals surface area contributed by atoms with Crippen molar-refractivity contribution in [2.75, 3.05) is 0 Å². The average molecular weight is 295 g/mol. The molecule has 0 radical (unpaired) electrons. The standard InChI is InChI=1S/C18H17NO3/c1-12-16(11-20)8-9-17(18(12)19(21)22)15-7-6-13-4-2-3-5-14(13)10-15/h2-8,10-12,17-18H,9H2,1H3/t12-,17+,18+/m1/s1. The van der Waals surface area contributed by atoms with Gasteiger partial charge < -0.3 is 0 Å². The number of carbonyl (C=O) groups excluding carboxylic acids is 1. The summed E-state index contributed by atoms with van der Waals surface area (Å²) in [6.45, 7) is 1.76. The third-order valence-corrected chi connectivity index (χ3v) is 4.64. The molecule has 0 bridgehead atoms. The molecule has 0 unspecified atom stereocenters. The molecule has 0 aromatic heterocycles. The number of rotatable bonds is 3. The second-order valence-electron chi connectivity index (χ2n) is 5.84. The lowest BCUT2D eigenvalue weighted by Crippen LogP contribution is -2.37. The molecule has 0 N–H and O–H groups in total. The molecule has 0 saturated heterocycles. The van der Waals surface area contributed by atoms with E-state index in [1.54, 1.807) is 6.92 Å². The SMILES string of the molecule is C[C@@H]1C(C=O)=CC[C@@H](c2ccc3ccccc3c2)[C@H]1[N+](=O)[O-]. The van der Waals surface area contributed by atoms with Gasteiger partial charge in [-0.25, -0.2) is 0 Å². The van der Waals surface area contributed by atoms with E-state index in [0.29, 0.717) is 12.0 Å². The number of aldehydes is 1. The Morgan fingerprint density at radius 2 is 1.91 bits per heavy atom. The number of carbonyl (C=O) groups is 1. The molecule has 4 nitrogen and oxygen atoms in total. The highest BCUT2D eigenvalue weighted by atomic mass is 16.6. The van der Waals surface area contributed by atoms with Crippen LogP contribution >= 0.6 is 0 Å². The predicted molar refractivity (Wildman–Crippen MR) is 85.4 cm³/mol. The van der Waals surface area contributed by atoms with Crippen molar-refractivity contribution in [2.45, 2.75) is 25.3 Å². The molecule has 3 atom stereocenters. The highest BCUT2D eigenvalue weighted by Gasteiger charge is 2.41. The summed E-state index contributed by atoms with van der Waals surface area (Å²) in [5.41, 5.74) is 1.51. The molecule has 112 valence electrons. The molecule has 4 heteroatoms. The molecule has 0 saturated carbocycles. The van der Waals surface area contributed by atoms with Crippen molar-refractivity contribution in [1.29, 1.82) is 0 Å². The van der Waals surface area contributed by atoms with Crippen LogP contribution in [0.3, 0.4) is 0 Å². The van der Waals surface area contributed by atoms with E-state index in [0.717, 1.165) is 22.6 Å². The van der Waals surface area contributed by atoms with Gasteiger partial charge in [-0.15, -0.1) is 0 Å². The fourth-order valence-electron chi connectivity index (χ4n) is 3.39. The largest absolute Gasteiger partial charge is 0.298 e. The van der Waals surface area contributed by atoms with Gasteiger partial charge in [0.2, 0.25) is 6.04 Å². The minimum Gasteiger partial charge on any atom is -0.298 e. The number of allylic oxidation sites excluding steroid dienone is 1. The van der Waals surface area contributed by atoms with E-state index in [4.69, 9.17) is 0 Å². The Kier molecular flexibility index (Phi) is 3.75. The second kappa shape index (κ2) is 5.72. The molecule has 3 rings (SSSR count). The molecular weight excluding hydrogens is 278 g/mol. The number of hydrogen-bond acceptors (Lipinski definition) is 3. The molecule has 1 aliphatic carbocycles. The maximum atomic E-state index is 11.5. The number of nitrogens with zero attached hydrogens (tertiary/aromatic N) is 1. The van der Waals surface area contributed by atoms with E-state index in [2.05, 4.69) is 0 Å². The van der Waals surface area contributed by atoms with Gasteiger partial charge in [0.25, 0.3) is 0 Å². The van der Waals surface area contributed by atoms with E-state index < -0.39 is 6.04 Å². The van der Waals surface area contributed by atoms with Crippen LogP contribution < -0.4 is 0 Å². The van der Waals surface area contributed by atoms with E-state index in [-0.39, 0.29) is 16.8 Å². The van der Waals surface area contributed by atoms with Gasteiger partial charge in [0.1, 0.15) is 6.29 Å². The van der Waals surface area contributed by atoms with Crippen LogP contribution in [0.1, 0.15) is 24.8 Å². The van der Waals surface area contributed by atoms with Crippen molar-refractivity contribution in [2.24, 2.45) is 5.92 Å². The van der Waals surface area contributed by atoms with Gasteiger partial charge in [-0.2, -0.15) is 0 Å². The molecule has 0 heterocycles. The third-order valence-electron chi connectivity index (χ3n) is 4.64. The summed E-state index contributed by atoms with van der Waals surface area (Å²) >= 11 is 0. The average Bonchev–Trinajstić information content (AvgIpc) is 2.53. The highest BCUT2D eigenvalue weighted by Crippen LogP contribution is 2.38. The van der Waals surface area contributed by atoms with Crippen LogP contribution in [0.25, 0.3) is 10.8 Å². The molecule has 0 amide bonds. The van der Waals surface area contributed by atoms with Crippen molar-refractivity contribution in [1.82, 2.24) is 0 Å². The normalized spacial score (nSPS) is 24.8. The van der Waals surface area contributed by atoms with Gasteiger partial charge in [0.05, 0.1) is 11.8 Å². The fourth-order valence-corrected chi connectivity index (χ4v) is 3.39. The van der Waals surface area contributed by atoms with Crippen LogP contribution in [0.5, 0.6) is 0 Å². The van der Waals surface area contributed by atoms with Gasteiger partial charge in [-0.3, -0.25) is 14.9 Å². The molecule has 2 aromatic rings.